The van der Waals surface area contributed by atoms with Crippen molar-refractivity contribution >= 4 is 45.2 Å². The second kappa shape index (κ2) is 8.96. The zero-order valence-electron chi connectivity index (χ0n) is 18.6. The first-order chi connectivity index (χ1) is 15.8. The first kappa shape index (κ1) is 22.4. The molecule has 0 aliphatic carbocycles. The molecule has 4 rings (SSSR count). The zero-order valence-corrected chi connectivity index (χ0v) is 19.4. The van der Waals surface area contributed by atoms with E-state index in [1.54, 1.807) is 30.6 Å². The molecule has 1 unspecified atom stereocenters. The lowest BCUT2D eigenvalue weighted by atomic mass is 10.00. The molecule has 0 fully saturated rings. The van der Waals surface area contributed by atoms with Crippen molar-refractivity contribution < 1.29 is 4.79 Å². The highest BCUT2D eigenvalue weighted by Crippen LogP contribution is 2.32. The van der Waals surface area contributed by atoms with Crippen LogP contribution in [0.25, 0.3) is 22.1 Å². The van der Waals surface area contributed by atoms with Crippen LogP contribution in [0, 0.1) is 6.92 Å². The van der Waals surface area contributed by atoms with Crippen molar-refractivity contribution in [2.45, 2.75) is 26.8 Å². The van der Waals surface area contributed by atoms with Crippen molar-refractivity contribution in [1.82, 2.24) is 24.6 Å². The SMILES string of the molecule is C=C/C=C(\C=C)c1nc2c(C(C)Nc3ccc(Cl)nc3C(C)=O)cc(C)cc2c2nncn12. The van der Waals surface area contributed by atoms with Crippen LogP contribution < -0.4 is 5.32 Å². The first-order valence-corrected chi connectivity index (χ1v) is 10.7. The number of anilines is 1. The Hall–Kier alpha value is -3.84. The minimum atomic E-state index is -0.199. The van der Waals surface area contributed by atoms with E-state index >= 15 is 0 Å². The van der Waals surface area contributed by atoms with Gasteiger partial charge in [0.15, 0.2) is 11.4 Å². The maximum atomic E-state index is 12.1. The lowest BCUT2D eigenvalue weighted by molar-refractivity contribution is 0.101. The van der Waals surface area contributed by atoms with Gasteiger partial charge < -0.3 is 5.32 Å². The molecule has 0 aliphatic rings. The minimum Gasteiger partial charge on any atom is -0.377 e. The Morgan fingerprint density at radius 3 is 2.73 bits per heavy atom. The minimum absolute atomic E-state index is 0.169. The van der Waals surface area contributed by atoms with Crippen LogP contribution in [0.2, 0.25) is 5.15 Å². The van der Waals surface area contributed by atoms with Crippen LogP contribution in [-0.2, 0) is 0 Å². The number of allylic oxidation sites excluding steroid dienone is 4. The number of halogens is 1. The summed E-state index contributed by atoms with van der Waals surface area (Å²) >= 11 is 6.01. The average Bonchev–Trinajstić information content (AvgIpc) is 3.28. The molecular weight excluding hydrogens is 436 g/mol. The smallest absolute Gasteiger partial charge is 0.180 e. The lowest BCUT2D eigenvalue weighted by Gasteiger charge is -2.20. The van der Waals surface area contributed by atoms with Crippen molar-refractivity contribution in [2.75, 3.05) is 5.32 Å². The molecule has 0 saturated heterocycles. The third-order valence-electron chi connectivity index (χ3n) is 5.33. The van der Waals surface area contributed by atoms with Crippen molar-refractivity contribution in [3.8, 4) is 0 Å². The van der Waals surface area contributed by atoms with Crippen molar-refractivity contribution in [1.29, 1.82) is 0 Å². The fourth-order valence-electron chi connectivity index (χ4n) is 3.86. The van der Waals surface area contributed by atoms with Crippen LogP contribution in [-0.4, -0.2) is 30.3 Å². The number of benzene rings is 1. The molecule has 0 aliphatic heterocycles. The summed E-state index contributed by atoms with van der Waals surface area (Å²) in [6, 6.07) is 7.34. The summed E-state index contributed by atoms with van der Waals surface area (Å²) in [4.78, 5) is 21.3. The maximum absolute atomic E-state index is 12.1. The fraction of sp³-hybridized carbons (Fsp3) is 0.160. The Kier molecular flexibility index (Phi) is 6.07. The number of hydrogen-bond acceptors (Lipinski definition) is 6. The standard InChI is InChI=1S/C25H23ClN6O/c1-6-8-17(7-2)24-30-23-18(11-14(3)12-19(23)25-31-27-13-32(24)25)15(4)28-20-9-10-21(26)29-22(20)16(5)33/h6-13,15,28H,1-2H2,3-5H3/b17-8+. The van der Waals surface area contributed by atoms with E-state index < -0.39 is 0 Å². The maximum Gasteiger partial charge on any atom is 0.180 e. The molecule has 0 bridgehead atoms. The van der Waals surface area contributed by atoms with E-state index in [4.69, 9.17) is 16.6 Å². The molecule has 3 aromatic heterocycles. The number of fused-ring (bicyclic) bond motifs is 3. The van der Waals surface area contributed by atoms with Gasteiger partial charge in [-0.1, -0.05) is 49.1 Å². The van der Waals surface area contributed by atoms with E-state index in [1.807, 2.05) is 30.4 Å². The summed E-state index contributed by atoms with van der Waals surface area (Å²) in [5, 5.41) is 13.0. The summed E-state index contributed by atoms with van der Waals surface area (Å²) in [6.07, 6.45) is 6.90. The molecule has 33 heavy (non-hydrogen) atoms. The van der Waals surface area contributed by atoms with Crippen LogP contribution >= 0.6 is 11.6 Å². The number of carbonyl (C=O) groups excluding carboxylic acids is 1. The molecule has 166 valence electrons. The van der Waals surface area contributed by atoms with Gasteiger partial charge in [-0.25, -0.2) is 9.97 Å². The Morgan fingerprint density at radius 2 is 2.03 bits per heavy atom. The van der Waals surface area contributed by atoms with Crippen LogP contribution in [0.3, 0.4) is 0 Å². The van der Waals surface area contributed by atoms with Crippen LogP contribution in [0.5, 0.6) is 0 Å². The van der Waals surface area contributed by atoms with Gasteiger partial charge in [0.25, 0.3) is 0 Å². The van der Waals surface area contributed by atoms with Crippen LogP contribution in [0.1, 0.15) is 47.3 Å². The van der Waals surface area contributed by atoms with Gasteiger partial charge in [0.05, 0.1) is 17.2 Å². The highest BCUT2D eigenvalue weighted by atomic mass is 35.5. The second-order valence-electron chi connectivity index (χ2n) is 7.72. The van der Waals surface area contributed by atoms with Crippen molar-refractivity contribution in [2.24, 2.45) is 0 Å². The molecule has 4 aromatic rings. The normalized spacial score (nSPS) is 12.7. The molecule has 1 N–H and O–H groups in total. The van der Waals surface area contributed by atoms with E-state index in [0.717, 1.165) is 27.6 Å². The molecule has 0 radical (unpaired) electrons. The van der Waals surface area contributed by atoms with Crippen molar-refractivity contribution in [3.05, 3.63) is 89.8 Å². The number of carbonyl (C=O) groups is 1. The second-order valence-corrected chi connectivity index (χ2v) is 8.11. The number of nitrogens with one attached hydrogen (secondary N) is 1. The number of Topliss-reactive ketones (excluding diaryl/α,β-unsaturated/α-hetero) is 1. The zero-order chi connectivity index (χ0) is 23.7. The van der Waals surface area contributed by atoms with Crippen molar-refractivity contribution in [3.63, 3.8) is 0 Å². The summed E-state index contributed by atoms with van der Waals surface area (Å²) < 4.78 is 1.84. The van der Waals surface area contributed by atoms with Crippen LogP contribution in [0.4, 0.5) is 5.69 Å². The summed E-state index contributed by atoms with van der Waals surface area (Å²) in [5.41, 5.74) is 5.17. The summed E-state index contributed by atoms with van der Waals surface area (Å²) in [5.74, 6) is 0.490. The van der Waals surface area contributed by atoms with Gasteiger partial charge in [0.1, 0.15) is 23.0 Å². The number of rotatable bonds is 7. The van der Waals surface area contributed by atoms with Gasteiger partial charge in [0.2, 0.25) is 0 Å². The molecule has 8 heteroatoms. The van der Waals surface area contributed by atoms with Gasteiger partial charge >= 0.3 is 0 Å². The molecule has 0 saturated carbocycles. The largest absolute Gasteiger partial charge is 0.377 e. The Labute approximate surface area is 196 Å². The Bertz CT molecular complexity index is 1450. The summed E-state index contributed by atoms with van der Waals surface area (Å²) in [6.45, 7) is 13.2. The molecular formula is C25H23ClN6O. The van der Waals surface area contributed by atoms with Gasteiger partial charge in [-0.15, -0.1) is 10.2 Å². The third-order valence-corrected chi connectivity index (χ3v) is 5.54. The number of aryl methyl sites for hydroxylation is 1. The van der Waals surface area contributed by atoms with Gasteiger partial charge in [-0.3, -0.25) is 9.20 Å². The molecule has 0 spiro atoms. The fourth-order valence-corrected chi connectivity index (χ4v) is 4.01. The Balaban J connectivity index is 1.93. The number of hydrogen-bond donors (Lipinski definition) is 1. The van der Waals surface area contributed by atoms with E-state index in [9.17, 15) is 4.79 Å². The van der Waals surface area contributed by atoms with Gasteiger partial charge in [-0.2, -0.15) is 0 Å². The molecule has 7 nitrogen and oxygen atoms in total. The third kappa shape index (κ3) is 4.15. The number of nitrogens with zero attached hydrogens (tertiary/aromatic N) is 5. The number of ketones is 1. The van der Waals surface area contributed by atoms with Gasteiger partial charge in [-0.05, 0) is 37.6 Å². The highest BCUT2D eigenvalue weighted by molar-refractivity contribution is 6.29. The van der Waals surface area contributed by atoms with Gasteiger partial charge in [0, 0.05) is 23.4 Å². The predicted octanol–water partition coefficient (Wildman–Crippen LogP) is 5.77. The topological polar surface area (TPSA) is 85.1 Å². The van der Waals surface area contributed by atoms with E-state index in [-0.39, 0.29) is 17.0 Å². The average molecular weight is 459 g/mol. The van der Waals surface area contributed by atoms with E-state index in [2.05, 4.69) is 39.7 Å². The highest BCUT2D eigenvalue weighted by Gasteiger charge is 2.20. The van der Waals surface area contributed by atoms with E-state index in [0.29, 0.717) is 22.9 Å². The molecule has 0 amide bonds. The predicted molar refractivity (Wildman–Crippen MR) is 133 cm³/mol. The Morgan fingerprint density at radius 1 is 1.24 bits per heavy atom. The number of aromatic nitrogens is 5. The first-order valence-electron chi connectivity index (χ1n) is 10.4. The molecule has 3 heterocycles. The van der Waals surface area contributed by atoms with Crippen LogP contribution in [0.15, 0.2) is 62.0 Å². The number of pyridine rings is 1. The summed E-state index contributed by atoms with van der Waals surface area (Å²) in [7, 11) is 0. The quantitative estimate of drug-likeness (QED) is 0.215. The monoisotopic (exact) mass is 458 g/mol. The molecule has 1 atom stereocenters. The lowest BCUT2D eigenvalue weighted by Crippen LogP contribution is -2.13. The molecule has 1 aromatic carbocycles. The van der Waals surface area contributed by atoms with E-state index in [1.165, 1.54) is 6.92 Å².